The first-order chi connectivity index (χ1) is 9.09. The molecule has 3 rings (SSSR count). The van der Waals surface area contributed by atoms with Crippen LogP contribution in [-0.2, 0) is 9.59 Å². The van der Waals surface area contributed by atoms with Crippen LogP contribution in [0.2, 0.25) is 0 Å². The van der Waals surface area contributed by atoms with E-state index in [9.17, 15) is 19.2 Å². The van der Waals surface area contributed by atoms with E-state index in [1.807, 2.05) is 0 Å². The van der Waals surface area contributed by atoms with Crippen molar-refractivity contribution in [1.29, 1.82) is 0 Å². The maximum absolute atomic E-state index is 12.2. The Kier molecular flexibility index (Phi) is 2.70. The van der Waals surface area contributed by atoms with Gasteiger partial charge in [-0.1, -0.05) is 0 Å². The lowest BCUT2D eigenvalue weighted by Gasteiger charge is -2.22. The highest BCUT2D eigenvalue weighted by molar-refractivity contribution is 7.12. The molecule has 1 atom stereocenters. The van der Waals surface area contributed by atoms with Crippen molar-refractivity contribution in [2.75, 3.05) is 0 Å². The first-order valence-corrected chi connectivity index (χ1v) is 6.76. The van der Waals surface area contributed by atoms with Crippen LogP contribution in [0, 0.1) is 0 Å². The average molecular weight is 278 g/mol. The third kappa shape index (κ3) is 1.77. The van der Waals surface area contributed by atoms with E-state index in [0.717, 1.165) is 4.90 Å². The van der Waals surface area contributed by atoms with Gasteiger partial charge in [0.2, 0.25) is 11.8 Å². The first-order valence-electron chi connectivity index (χ1n) is 5.88. The highest BCUT2D eigenvalue weighted by Crippen LogP contribution is 2.30. The summed E-state index contributed by atoms with van der Waals surface area (Å²) in [5, 5.41) is 3.88. The number of nitrogens with zero attached hydrogens (tertiary/aromatic N) is 1. The van der Waals surface area contributed by atoms with Crippen LogP contribution in [0.3, 0.4) is 0 Å². The average Bonchev–Trinajstić information content (AvgIpc) is 2.87. The van der Waals surface area contributed by atoms with Crippen LogP contribution in [0.25, 0.3) is 0 Å². The summed E-state index contributed by atoms with van der Waals surface area (Å²) in [5.41, 5.74) is 0.346. The zero-order chi connectivity index (χ0) is 13.6. The Bertz CT molecular complexity index is 576. The Morgan fingerprint density at radius 3 is 2.74 bits per heavy atom. The van der Waals surface area contributed by atoms with Crippen molar-refractivity contribution in [3.63, 3.8) is 0 Å². The van der Waals surface area contributed by atoms with Crippen molar-refractivity contribution >= 4 is 35.0 Å². The number of carbonyl (C=O) groups excluding carboxylic acids is 4. The van der Waals surface area contributed by atoms with Gasteiger partial charge in [-0.25, -0.2) is 0 Å². The summed E-state index contributed by atoms with van der Waals surface area (Å²) >= 11 is 1.19. The molecule has 0 unspecified atom stereocenters. The molecule has 0 radical (unpaired) electrons. The van der Waals surface area contributed by atoms with E-state index in [2.05, 4.69) is 5.32 Å². The van der Waals surface area contributed by atoms with Gasteiger partial charge in [0, 0.05) is 6.42 Å². The van der Waals surface area contributed by atoms with Gasteiger partial charge in [-0.3, -0.25) is 29.4 Å². The van der Waals surface area contributed by atoms with E-state index >= 15 is 0 Å². The van der Waals surface area contributed by atoms with Crippen molar-refractivity contribution in [3.05, 3.63) is 21.9 Å². The quantitative estimate of drug-likeness (QED) is 0.760. The molecule has 2 aliphatic heterocycles. The number of amides is 4. The van der Waals surface area contributed by atoms with Crippen molar-refractivity contribution < 1.29 is 19.2 Å². The van der Waals surface area contributed by atoms with Crippen LogP contribution in [-0.4, -0.2) is 34.6 Å². The minimum Gasteiger partial charge on any atom is -0.295 e. The van der Waals surface area contributed by atoms with Crippen LogP contribution >= 0.6 is 11.3 Å². The lowest BCUT2D eigenvalue weighted by Crippen LogP contribution is -2.49. The highest BCUT2D eigenvalue weighted by atomic mass is 32.1. The van der Waals surface area contributed by atoms with E-state index in [4.69, 9.17) is 0 Å². The Morgan fingerprint density at radius 1 is 1.21 bits per heavy atom. The molecule has 0 spiro atoms. The minimum atomic E-state index is -0.883. The summed E-state index contributed by atoms with van der Waals surface area (Å²) in [6.45, 7) is 0. The van der Waals surface area contributed by atoms with Crippen LogP contribution in [0.1, 0.15) is 39.3 Å². The third-order valence-corrected chi connectivity index (χ3v) is 4.19. The predicted molar refractivity (Wildman–Crippen MR) is 65.6 cm³/mol. The second-order valence-electron chi connectivity index (χ2n) is 4.46. The second-order valence-corrected chi connectivity index (χ2v) is 5.38. The lowest BCUT2D eigenvalue weighted by molar-refractivity contribution is -0.131. The Balaban J connectivity index is 1.93. The van der Waals surface area contributed by atoms with E-state index in [0.29, 0.717) is 23.3 Å². The van der Waals surface area contributed by atoms with E-state index < -0.39 is 23.8 Å². The number of thiophene rings is 1. The molecular weight excluding hydrogens is 268 g/mol. The molecule has 1 aromatic heterocycles. The van der Waals surface area contributed by atoms with Crippen LogP contribution in [0.5, 0.6) is 0 Å². The summed E-state index contributed by atoms with van der Waals surface area (Å²) < 4.78 is 0. The van der Waals surface area contributed by atoms with E-state index in [1.54, 1.807) is 11.4 Å². The van der Waals surface area contributed by atoms with Crippen LogP contribution in [0.15, 0.2) is 11.4 Å². The molecule has 98 valence electrons. The smallest absolute Gasteiger partial charge is 0.272 e. The van der Waals surface area contributed by atoms with Gasteiger partial charge in [0.1, 0.15) is 10.9 Å². The van der Waals surface area contributed by atoms with Crippen molar-refractivity contribution in [2.45, 2.75) is 25.3 Å². The minimum absolute atomic E-state index is 0.236. The fraction of sp³-hybridized carbons (Fsp3) is 0.333. The SMILES string of the molecule is O=C1CCC[C@H](N2C(=O)c3ccsc3C2=O)C(=O)N1. The fourth-order valence-corrected chi connectivity index (χ4v) is 3.20. The zero-order valence-electron chi connectivity index (χ0n) is 9.84. The summed E-state index contributed by atoms with van der Waals surface area (Å²) in [7, 11) is 0. The molecule has 2 aliphatic rings. The molecule has 0 saturated carbocycles. The first kappa shape index (κ1) is 12.0. The highest BCUT2D eigenvalue weighted by Gasteiger charge is 2.44. The number of imide groups is 2. The van der Waals surface area contributed by atoms with Gasteiger partial charge in [0.15, 0.2) is 0 Å². The summed E-state index contributed by atoms with van der Waals surface area (Å²) in [5.74, 6) is -1.82. The molecule has 0 bridgehead atoms. The van der Waals surface area contributed by atoms with Gasteiger partial charge in [-0.05, 0) is 24.3 Å². The monoisotopic (exact) mass is 278 g/mol. The molecule has 1 fully saturated rings. The van der Waals surface area contributed by atoms with Crippen LogP contribution in [0.4, 0.5) is 0 Å². The largest absolute Gasteiger partial charge is 0.295 e. The topological polar surface area (TPSA) is 83.6 Å². The van der Waals surface area contributed by atoms with Crippen molar-refractivity contribution in [2.24, 2.45) is 0 Å². The second kappa shape index (κ2) is 4.27. The Hall–Kier alpha value is -2.02. The molecule has 1 aromatic rings. The number of fused-ring (bicyclic) bond motifs is 1. The van der Waals surface area contributed by atoms with E-state index in [1.165, 1.54) is 11.3 Å². The molecule has 1 N–H and O–H groups in total. The maximum Gasteiger partial charge on any atom is 0.272 e. The van der Waals surface area contributed by atoms with Gasteiger partial charge in [-0.15, -0.1) is 11.3 Å². The lowest BCUT2D eigenvalue weighted by atomic mass is 10.1. The normalized spacial score (nSPS) is 23.4. The van der Waals surface area contributed by atoms with Crippen LogP contribution < -0.4 is 5.32 Å². The van der Waals surface area contributed by atoms with Crippen molar-refractivity contribution in [1.82, 2.24) is 10.2 Å². The Labute approximate surface area is 112 Å². The van der Waals surface area contributed by atoms with E-state index in [-0.39, 0.29) is 12.3 Å². The molecule has 19 heavy (non-hydrogen) atoms. The molecule has 1 saturated heterocycles. The molecular formula is C12H10N2O4S. The number of nitrogens with one attached hydrogen (secondary N) is 1. The fourth-order valence-electron chi connectivity index (χ4n) is 2.37. The number of hydrogen-bond donors (Lipinski definition) is 1. The number of rotatable bonds is 1. The number of carbonyl (C=O) groups is 4. The number of hydrogen-bond acceptors (Lipinski definition) is 5. The molecule has 4 amide bonds. The van der Waals surface area contributed by atoms with Gasteiger partial charge in [-0.2, -0.15) is 0 Å². The molecule has 0 aromatic carbocycles. The maximum atomic E-state index is 12.2. The molecule has 0 aliphatic carbocycles. The van der Waals surface area contributed by atoms with Gasteiger partial charge in [0.05, 0.1) is 5.56 Å². The predicted octanol–water partition coefficient (Wildman–Crippen LogP) is 0.539. The van der Waals surface area contributed by atoms with Crippen molar-refractivity contribution in [3.8, 4) is 0 Å². The van der Waals surface area contributed by atoms with Gasteiger partial charge in [0.25, 0.3) is 11.8 Å². The summed E-state index contributed by atoms with van der Waals surface area (Å²) in [4.78, 5) is 48.8. The molecule has 7 heteroatoms. The summed E-state index contributed by atoms with van der Waals surface area (Å²) in [6, 6.07) is 0.700. The zero-order valence-corrected chi connectivity index (χ0v) is 10.7. The van der Waals surface area contributed by atoms with Gasteiger partial charge < -0.3 is 0 Å². The summed E-state index contributed by atoms with van der Waals surface area (Å²) in [6.07, 6.45) is 1.04. The third-order valence-electron chi connectivity index (χ3n) is 3.29. The molecule has 6 nitrogen and oxygen atoms in total. The molecule has 3 heterocycles. The Morgan fingerprint density at radius 2 is 2.00 bits per heavy atom. The standard InChI is InChI=1S/C12H10N2O4S/c15-8-3-1-2-7(10(16)13-8)14-11(17)6-4-5-19-9(6)12(14)18/h4-5,7H,1-3H2,(H,13,15,16)/t7-/m0/s1. The van der Waals surface area contributed by atoms with Gasteiger partial charge >= 0.3 is 0 Å².